The first-order valence-electron chi connectivity index (χ1n) is 5.03. The van der Waals surface area contributed by atoms with Crippen molar-refractivity contribution in [2.45, 2.75) is 20.3 Å². The lowest BCUT2D eigenvalue weighted by Gasteiger charge is -2.20. The minimum absolute atomic E-state index is 0.0171. The van der Waals surface area contributed by atoms with Crippen LogP contribution in [0.15, 0.2) is 12.4 Å². The molecule has 4 N–H and O–H groups in total. The van der Waals surface area contributed by atoms with Crippen molar-refractivity contribution < 1.29 is 4.79 Å². The minimum atomic E-state index is -0.497. The molecule has 0 aliphatic carbocycles. The van der Waals surface area contributed by atoms with Crippen molar-refractivity contribution in [1.29, 1.82) is 0 Å². The summed E-state index contributed by atoms with van der Waals surface area (Å²) >= 11 is 0. The number of carbonyl (C=O) groups excluding carboxylic acids is 1. The first-order chi connectivity index (χ1) is 7.06. The Kier molecular flexibility index (Phi) is 3.85. The Hall–Kier alpha value is -1.36. The molecule has 0 bridgehead atoms. The van der Waals surface area contributed by atoms with Gasteiger partial charge in [0.05, 0.1) is 5.41 Å². The van der Waals surface area contributed by atoms with Crippen LogP contribution in [0.1, 0.15) is 19.7 Å². The van der Waals surface area contributed by atoms with E-state index in [0.29, 0.717) is 19.5 Å². The predicted octanol–water partition coefficient (Wildman–Crippen LogP) is 0.0533. The number of imidazole rings is 1. The maximum absolute atomic E-state index is 11.6. The van der Waals surface area contributed by atoms with Crippen LogP contribution < -0.4 is 11.1 Å². The lowest BCUT2D eigenvalue weighted by molar-refractivity contribution is -0.128. The van der Waals surface area contributed by atoms with Crippen molar-refractivity contribution in [3.8, 4) is 0 Å². The highest BCUT2D eigenvalue weighted by Gasteiger charge is 2.24. The summed E-state index contributed by atoms with van der Waals surface area (Å²) in [4.78, 5) is 18.6. The van der Waals surface area contributed by atoms with Gasteiger partial charge in [-0.25, -0.2) is 4.98 Å². The van der Waals surface area contributed by atoms with Crippen LogP contribution in [-0.4, -0.2) is 29.0 Å². The molecular weight excluding hydrogens is 192 g/mol. The first kappa shape index (κ1) is 11.7. The summed E-state index contributed by atoms with van der Waals surface area (Å²) in [5.41, 5.74) is 5.00. The molecule has 0 unspecified atom stereocenters. The van der Waals surface area contributed by atoms with Crippen LogP contribution in [0.3, 0.4) is 0 Å². The summed E-state index contributed by atoms with van der Waals surface area (Å²) in [6.07, 6.45) is 4.17. The van der Waals surface area contributed by atoms with Crippen molar-refractivity contribution in [2.24, 2.45) is 11.1 Å². The van der Waals surface area contributed by atoms with Gasteiger partial charge in [0.15, 0.2) is 0 Å². The van der Waals surface area contributed by atoms with E-state index in [9.17, 15) is 4.79 Å². The molecule has 0 atom stereocenters. The van der Waals surface area contributed by atoms with Crippen LogP contribution in [0.5, 0.6) is 0 Å². The maximum Gasteiger partial charge on any atom is 0.226 e. The van der Waals surface area contributed by atoms with Gasteiger partial charge in [-0.1, -0.05) is 0 Å². The minimum Gasteiger partial charge on any atom is -0.355 e. The highest BCUT2D eigenvalue weighted by atomic mass is 16.2. The van der Waals surface area contributed by atoms with E-state index in [-0.39, 0.29) is 5.91 Å². The van der Waals surface area contributed by atoms with Gasteiger partial charge in [-0.15, -0.1) is 0 Å². The third-order valence-corrected chi connectivity index (χ3v) is 2.33. The molecule has 0 saturated carbocycles. The van der Waals surface area contributed by atoms with Gasteiger partial charge in [-0.2, -0.15) is 0 Å². The predicted molar refractivity (Wildman–Crippen MR) is 58.1 cm³/mol. The van der Waals surface area contributed by atoms with Gasteiger partial charge < -0.3 is 16.0 Å². The molecule has 0 aliphatic rings. The zero-order valence-corrected chi connectivity index (χ0v) is 9.21. The summed E-state index contributed by atoms with van der Waals surface area (Å²) in [7, 11) is 0. The molecule has 1 aromatic heterocycles. The number of rotatable bonds is 5. The lowest BCUT2D eigenvalue weighted by Crippen LogP contribution is -2.42. The molecular formula is C10H18N4O. The average Bonchev–Trinajstić information content (AvgIpc) is 2.70. The largest absolute Gasteiger partial charge is 0.355 e. The van der Waals surface area contributed by atoms with Gasteiger partial charge in [0.2, 0.25) is 5.91 Å². The van der Waals surface area contributed by atoms with E-state index in [1.165, 1.54) is 0 Å². The summed E-state index contributed by atoms with van der Waals surface area (Å²) < 4.78 is 0. The topological polar surface area (TPSA) is 83.8 Å². The van der Waals surface area contributed by atoms with Gasteiger partial charge in [0.25, 0.3) is 0 Å². The monoisotopic (exact) mass is 210 g/mol. The molecule has 1 amide bonds. The van der Waals surface area contributed by atoms with E-state index in [2.05, 4.69) is 15.3 Å². The smallest absolute Gasteiger partial charge is 0.226 e. The second-order valence-electron chi connectivity index (χ2n) is 4.13. The molecule has 5 nitrogen and oxygen atoms in total. The third-order valence-electron chi connectivity index (χ3n) is 2.33. The van der Waals surface area contributed by atoms with E-state index in [0.717, 1.165) is 5.82 Å². The fourth-order valence-corrected chi connectivity index (χ4v) is 1.06. The van der Waals surface area contributed by atoms with Gasteiger partial charge in [-0.3, -0.25) is 4.79 Å². The van der Waals surface area contributed by atoms with Crippen LogP contribution in [0.4, 0.5) is 0 Å². The molecule has 5 heteroatoms. The number of nitrogens with one attached hydrogen (secondary N) is 2. The first-order valence-corrected chi connectivity index (χ1v) is 5.03. The number of amides is 1. The van der Waals surface area contributed by atoms with Crippen LogP contribution in [-0.2, 0) is 11.2 Å². The van der Waals surface area contributed by atoms with E-state index < -0.39 is 5.41 Å². The number of hydrogen-bond donors (Lipinski definition) is 3. The van der Waals surface area contributed by atoms with Gasteiger partial charge in [0, 0.05) is 31.9 Å². The van der Waals surface area contributed by atoms with E-state index in [1.807, 2.05) is 13.8 Å². The molecule has 0 aromatic carbocycles. The molecule has 15 heavy (non-hydrogen) atoms. The summed E-state index contributed by atoms with van der Waals surface area (Å²) in [5, 5.41) is 2.83. The fraction of sp³-hybridized carbons (Fsp3) is 0.600. The Bertz CT molecular complexity index is 305. The average molecular weight is 210 g/mol. The molecule has 1 heterocycles. The molecule has 1 rings (SSSR count). The quantitative estimate of drug-likeness (QED) is 0.642. The second-order valence-corrected chi connectivity index (χ2v) is 4.13. The standard InChI is InChI=1S/C10H18N4O/c1-10(2,7-11)9(15)14-4-3-8-12-5-6-13-8/h5-6H,3-4,7,11H2,1-2H3,(H,12,13)(H,14,15). The number of nitrogens with two attached hydrogens (primary N) is 1. The van der Waals surface area contributed by atoms with Crippen LogP contribution in [0.25, 0.3) is 0 Å². The van der Waals surface area contributed by atoms with E-state index in [4.69, 9.17) is 5.73 Å². The number of aromatic nitrogens is 2. The Labute approximate surface area is 89.5 Å². The normalized spacial score (nSPS) is 11.4. The Balaban J connectivity index is 2.29. The third kappa shape index (κ3) is 3.36. The molecule has 0 saturated heterocycles. The summed E-state index contributed by atoms with van der Waals surface area (Å²) in [6.45, 7) is 4.58. The van der Waals surface area contributed by atoms with E-state index in [1.54, 1.807) is 12.4 Å². The van der Waals surface area contributed by atoms with Crippen molar-refractivity contribution in [1.82, 2.24) is 15.3 Å². The zero-order chi connectivity index (χ0) is 11.3. The molecule has 0 spiro atoms. The Morgan fingerprint density at radius 1 is 1.67 bits per heavy atom. The number of hydrogen-bond acceptors (Lipinski definition) is 3. The second kappa shape index (κ2) is 4.93. The number of H-pyrrole nitrogens is 1. The molecule has 1 aromatic rings. The number of nitrogens with zero attached hydrogens (tertiary/aromatic N) is 1. The van der Waals surface area contributed by atoms with Gasteiger partial charge in [0.1, 0.15) is 5.82 Å². The molecule has 0 aliphatic heterocycles. The van der Waals surface area contributed by atoms with Crippen molar-refractivity contribution in [3.05, 3.63) is 18.2 Å². The van der Waals surface area contributed by atoms with Gasteiger partial charge >= 0.3 is 0 Å². The number of carbonyl (C=O) groups is 1. The van der Waals surface area contributed by atoms with Crippen LogP contribution in [0, 0.1) is 5.41 Å². The van der Waals surface area contributed by atoms with Crippen molar-refractivity contribution in [2.75, 3.05) is 13.1 Å². The molecule has 0 fully saturated rings. The SMILES string of the molecule is CC(C)(CN)C(=O)NCCc1ncc[nH]1. The van der Waals surface area contributed by atoms with Gasteiger partial charge in [-0.05, 0) is 13.8 Å². The highest BCUT2D eigenvalue weighted by Crippen LogP contribution is 2.11. The Morgan fingerprint density at radius 2 is 2.40 bits per heavy atom. The Morgan fingerprint density at radius 3 is 2.93 bits per heavy atom. The van der Waals surface area contributed by atoms with Crippen molar-refractivity contribution in [3.63, 3.8) is 0 Å². The zero-order valence-electron chi connectivity index (χ0n) is 9.21. The summed E-state index contributed by atoms with van der Waals surface area (Å²) in [6, 6.07) is 0. The maximum atomic E-state index is 11.6. The highest BCUT2D eigenvalue weighted by molar-refractivity contribution is 5.81. The molecule has 0 radical (unpaired) electrons. The number of aromatic amines is 1. The van der Waals surface area contributed by atoms with Crippen LogP contribution >= 0.6 is 0 Å². The van der Waals surface area contributed by atoms with Crippen LogP contribution in [0.2, 0.25) is 0 Å². The lowest BCUT2D eigenvalue weighted by atomic mass is 9.93. The fourth-order valence-electron chi connectivity index (χ4n) is 1.06. The molecule has 84 valence electrons. The summed E-state index contributed by atoms with van der Waals surface area (Å²) in [5.74, 6) is 0.859. The van der Waals surface area contributed by atoms with Crippen molar-refractivity contribution >= 4 is 5.91 Å². The van der Waals surface area contributed by atoms with E-state index >= 15 is 0 Å².